The third-order valence-corrected chi connectivity index (χ3v) is 6.24. The fraction of sp³-hybridized carbons (Fsp3) is 0.389. The Morgan fingerprint density at radius 2 is 1.92 bits per heavy atom. The summed E-state index contributed by atoms with van der Waals surface area (Å²) in [6.07, 6.45) is 2.08. The molecule has 0 amide bonds. The molecule has 0 spiro atoms. The first-order valence-electron chi connectivity index (χ1n) is 8.21. The van der Waals surface area contributed by atoms with E-state index >= 15 is 0 Å². The molecule has 1 saturated heterocycles. The normalized spacial score (nSPS) is 19.3. The van der Waals surface area contributed by atoms with Gasteiger partial charge in [0.1, 0.15) is 6.04 Å². The van der Waals surface area contributed by atoms with Crippen LogP contribution in [0.25, 0.3) is 10.8 Å². The monoisotopic (exact) mass is 347 g/mol. The van der Waals surface area contributed by atoms with Gasteiger partial charge in [-0.1, -0.05) is 30.3 Å². The molecular formula is C18H21NO4S. The zero-order valence-electron chi connectivity index (χ0n) is 13.6. The first kappa shape index (κ1) is 16.9. The maximum Gasteiger partial charge on any atom is 0.324 e. The molecule has 0 N–H and O–H groups in total. The number of piperidine rings is 1. The number of hydrogen-bond donors (Lipinski definition) is 0. The second kappa shape index (κ2) is 6.91. The van der Waals surface area contributed by atoms with Gasteiger partial charge in [0, 0.05) is 6.54 Å². The third kappa shape index (κ3) is 3.16. The number of carbonyl (C=O) groups is 1. The van der Waals surface area contributed by atoms with E-state index in [1.165, 1.54) is 4.31 Å². The number of rotatable bonds is 4. The van der Waals surface area contributed by atoms with Crippen molar-refractivity contribution in [1.29, 1.82) is 0 Å². The van der Waals surface area contributed by atoms with Crippen molar-refractivity contribution < 1.29 is 17.9 Å². The van der Waals surface area contributed by atoms with Crippen molar-refractivity contribution in [3.63, 3.8) is 0 Å². The van der Waals surface area contributed by atoms with E-state index in [9.17, 15) is 13.2 Å². The number of benzene rings is 2. The number of ether oxygens (including phenoxy) is 1. The highest BCUT2D eigenvalue weighted by molar-refractivity contribution is 7.89. The Labute approximate surface area is 142 Å². The molecule has 1 unspecified atom stereocenters. The molecule has 1 atom stereocenters. The minimum atomic E-state index is -3.73. The number of fused-ring (bicyclic) bond motifs is 1. The lowest BCUT2D eigenvalue weighted by Crippen LogP contribution is -2.48. The van der Waals surface area contributed by atoms with E-state index in [1.807, 2.05) is 24.3 Å². The lowest BCUT2D eigenvalue weighted by Gasteiger charge is -2.33. The molecule has 2 aromatic carbocycles. The summed E-state index contributed by atoms with van der Waals surface area (Å²) in [5, 5.41) is 1.85. The topological polar surface area (TPSA) is 63.7 Å². The van der Waals surface area contributed by atoms with Gasteiger partial charge in [-0.3, -0.25) is 4.79 Å². The molecule has 0 bridgehead atoms. The molecule has 128 valence electrons. The van der Waals surface area contributed by atoms with Gasteiger partial charge in [0.15, 0.2) is 0 Å². The van der Waals surface area contributed by atoms with Gasteiger partial charge in [0.25, 0.3) is 0 Å². The standard InChI is InChI=1S/C18H21NO4S/c1-2-23-18(20)17-9-5-6-12-19(17)24(21,22)16-11-10-14-7-3-4-8-15(14)13-16/h3-4,7-8,10-11,13,17H,2,5-6,9,12H2,1H3. The molecule has 3 rings (SSSR count). The van der Waals surface area contributed by atoms with Crippen LogP contribution in [0.15, 0.2) is 47.4 Å². The van der Waals surface area contributed by atoms with Crippen LogP contribution >= 0.6 is 0 Å². The quantitative estimate of drug-likeness (QED) is 0.798. The van der Waals surface area contributed by atoms with Crippen LogP contribution in [0.4, 0.5) is 0 Å². The Morgan fingerprint density at radius 3 is 2.67 bits per heavy atom. The summed E-state index contributed by atoms with van der Waals surface area (Å²) in [6, 6.07) is 12.0. The van der Waals surface area contributed by atoms with Crippen LogP contribution < -0.4 is 0 Å². The molecule has 1 aliphatic rings. The second-order valence-corrected chi connectivity index (χ2v) is 7.78. The van der Waals surface area contributed by atoms with Crippen molar-refractivity contribution in [3.05, 3.63) is 42.5 Å². The van der Waals surface area contributed by atoms with Crippen LogP contribution in [0.5, 0.6) is 0 Å². The number of carbonyl (C=O) groups excluding carboxylic acids is 1. The SMILES string of the molecule is CCOC(=O)C1CCCCN1S(=O)(=O)c1ccc2ccccc2c1. The van der Waals surface area contributed by atoms with E-state index < -0.39 is 22.0 Å². The van der Waals surface area contributed by atoms with E-state index in [1.54, 1.807) is 25.1 Å². The minimum Gasteiger partial charge on any atom is -0.465 e. The number of hydrogen-bond acceptors (Lipinski definition) is 4. The van der Waals surface area contributed by atoms with Gasteiger partial charge in [-0.05, 0) is 49.1 Å². The predicted octanol–water partition coefficient (Wildman–Crippen LogP) is 2.95. The first-order valence-corrected chi connectivity index (χ1v) is 9.65. The summed E-state index contributed by atoms with van der Waals surface area (Å²) in [6.45, 7) is 2.32. The van der Waals surface area contributed by atoms with Crippen LogP contribution in [-0.2, 0) is 19.6 Å². The van der Waals surface area contributed by atoms with Gasteiger partial charge < -0.3 is 4.74 Å². The van der Waals surface area contributed by atoms with Gasteiger partial charge in [-0.25, -0.2) is 8.42 Å². The van der Waals surface area contributed by atoms with E-state index in [-0.39, 0.29) is 11.5 Å². The first-order chi connectivity index (χ1) is 11.5. The number of sulfonamides is 1. The van der Waals surface area contributed by atoms with Gasteiger partial charge in [0.05, 0.1) is 11.5 Å². The molecule has 24 heavy (non-hydrogen) atoms. The summed E-state index contributed by atoms with van der Waals surface area (Å²) in [5.41, 5.74) is 0. The fourth-order valence-corrected chi connectivity index (χ4v) is 4.81. The lowest BCUT2D eigenvalue weighted by atomic mass is 10.1. The maximum atomic E-state index is 13.1. The summed E-state index contributed by atoms with van der Waals surface area (Å²) in [7, 11) is -3.73. The maximum absolute atomic E-state index is 13.1. The van der Waals surface area contributed by atoms with Crippen molar-refractivity contribution in [2.24, 2.45) is 0 Å². The average Bonchev–Trinajstić information content (AvgIpc) is 2.61. The van der Waals surface area contributed by atoms with E-state index in [0.717, 1.165) is 23.6 Å². The molecule has 0 aliphatic carbocycles. The molecule has 1 aliphatic heterocycles. The number of esters is 1. The zero-order valence-corrected chi connectivity index (χ0v) is 14.5. The van der Waals surface area contributed by atoms with Crippen molar-refractivity contribution in [3.8, 4) is 0 Å². The zero-order chi connectivity index (χ0) is 17.2. The smallest absolute Gasteiger partial charge is 0.324 e. The van der Waals surface area contributed by atoms with Gasteiger partial charge in [0.2, 0.25) is 10.0 Å². The van der Waals surface area contributed by atoms with Crippen molar-refractivity contribution in [2.45, 2.75) is 37.1 Å². The van der Waals surface area contributed by atoms with Gasteiger partial charge in [-0.15, -0.1) is 0 Å². The Hall–Kier alpha value is -1.92. The van der Waals surface area contributed by atoms with Crippen LogP contribution in [0, 0.1) is 0 Å². The average molecular weight is 347 g/mol. The Balaban J connectivity index is 1.98. The minimum absolute atomic E-state index is 0.220. The van der Waals surface area contributed by atoms with Crippen molar-refractivity contribution in [1.82, 2.24) is 4.31 Å². The molecule has 6 heteroatoms. The summed E-state index contributed by atoms with van der Waals surface area (Å²) >= 11 is 0. The molecule has 0 saturated carbocycles. The van der Waals surface area contributed by atoms with Gasteiger partial charge >= 0.3 is 5.97 Å². The lowest BCUT2D eigenvalue weighted by molar-refractivity contribution is -0.148. The summed E-state index contributed by atoms with van der Waals surface area (Å²) < 4.78 is 32.5. The molecule has 1 fully saturated rings. The highest BCUT2D eigenvalue weighted by Gasteiger charge is 2.38. The van der Waals surface area contributed by atoms with Crippen LogP contribution in [0.2, 0.25) is 0 Å². The van der Waals surface area contributed by atoms with Crippen molar-refractivity contribution >= 4 is 26.8 Å². The second-order valence-electron chi connectivity index (χ2n) is 5.89. The summed E-state index contributed by atoms with van der Waals surface area (Å²) in [4.78, 5) is 12.4. The van der Waals surface area contributed by atoms with E-state index in [0.29, 0.717) is 13.0 Å². The number of nitrogens with zero attached hydrogens (tertiary/aromatic N) is 1. The van der Waals surface area contributed by atoms with E-state index in [4.69, 9.17) is 4.74 Å². The Bertz CT molecular complexity index is 847. The predicted molar refractivity (Wildman–Crippen MR) is 92.1 cm³/mol. The molecule has 1 heterocycles. The van der Waals surface area contributed by atoms with Crippen LogP contribution in [-0.4, -0.2) is 37.9 Å². The largest absolute Gasteiger partial charge is 0.465 e. The molecular weight excluding hydrogens is 326 g/mol. The third-order valence-electron chi connectivity index (χ3n) is 4.34. The summed E-state index contributed by atoms with van der Waals surface area (Å²) in [5.74, 6) is -0.457. The molecule has 5 nitrogen and oxygen atoms in total. The van der Waals surface area contributed by atoms with Crippen LogP contribution in [0.3, 0.4) is 0 Å². The fourth-order valence-electron chi connectivity index (χ4n) is 3.13. The van der Waals surface area contributed by atoms with Gasteiger partial charge in [-0.2, -0.15) is 4.31 Å². The molecule has 0 radical (unpaired) electrons. The highest BCUT2D eigenvalue weighted by Crippen LogP contribution is 2.28. The van der Waals surface area contributed by atoms with E-state index in [2.05, 4.69) is 0 Å². The highest BCUT2D eigenvalue weighted by atomic mass is 32.2. The molecule has 2 aromatic rings. The van der Waals surface area contributed by atoms with Crippen molar-refractivity contribution in [2.75, 3.05) is 13.2 Å². The molecule has 0 aromatic heterocycles. The Kier molecular flexibility index (Phi) is 4.87. The Morgan fingerprint density at radius 1 is 1.17 bits per heavy atom. The van der Waals surface area contributed by atoms with Crippen LogP contribution in [0.1, 0.15) is 26.2 Å².